The molecule has 0 bridgehead atoms. The van der Waals surface area contributed by atoms with E-state index >= 15 is 0 Å². The number of pyridine rings is 1. The minimum atomic E-state index is -0.280. The van der Waals surface area contributed by atoms with Crippen molar-refractivity contribution in [1.82, 2.24) is 19.9 Å². The third-order valence-corrected chi connectivity index (χ3v) is 4.32. The average Bonchev–Trinajstić information content (AvgIpc) is 3.30. The van der Waals surface area contributed by atoms with E-state index < -0.39 is 0 Å². The summed E-state index contributed by atoms with van der Waals surface area (Å²) in [6.07, 6.45) is 2.46. The van der Waals surface area contributed by atoms with E-state index in [4.69, 9.17) is 16.0 Å². The van der Waals surface area contributed by atoms with E-state index in [1.807, 2.05) is 47.0 Å². The van der Waals surface area contributed by atoms with E-state index in [0.717, 1.165) is 17.0 Å². The zero-order chi connectivity index (χ0) is 17.9. The van der Waals surface area contributed by atoms with Crippen LogP contribution in [0.4, 0.5) is 0 Å². The van der Waals surface area contributed by atoms with Crippen molar-refractivity contribution in [3.8, 4) is 11.3 Å². The molecule has 0 fully saturated rings. The third kappa shape index (κ3) is 3.19. The Labute approximate surface area is 154 Å². The molecule has 0 saturated heterocycles. The first-order chi connectivity index (χ1) is 12.7. The normalized spacial score (nSPS) is 11.0. The predicted octanol–water partition coefficient (Wildman–Crippen LogP) is 3.62. The molecule has 1 N–H and O–H groups in total. The number of aromatic nitrogens is 3. The van der Waals surface area contributed by atoms with Crippen molar-refractivity contribution < 1.29 is 9.21 Å². The molecule has 1 amide bonds. The van der Waals surface area contributed by atoms with Crippen molar-refractivity contribution >= 4 is 23.2 Å². The minimum Gasteiger partial charge on any atom is -0.451 e. The highest BCUT2D eigenvalue weighted by molar-refractivity contribution is 6.33. The quantitative estimate of drug-likeness (QED) is 0.585. The van der Waals surface area contributed by atoms with Crippen LogP contribution in [0.1, 0.15) is 16.4 Å². The first kappa shape index (κ1) is 16.4. The topological polar surface area (TPSA) is 72.4 Å². The van der Waals surface area contributed by atoms with Crippen LogP contribution in [-0.2, 0) is 6.42 Å². The van der Waals surface area contributed by atoms with Crippen molar-refractivity contribution in [3.05, 3.63) is 77.4 Å². The van der Waals surface area contributed by atoms with E-state index in [-0.39, 0.29) is 11.7 Å². The Bertz CT molecular complexity index is 1070. The van der Waals surface area contributed by atoms with E-state index in [2.05, 4.69) is 15.5 Å². The van der Waals surface area contributed by atoms with Gasteiger partial charge in [-0.3, -0.25) is 9.20 Å². The van der Waals surface area contributed by atoms with Crippen LogP contribution in [0.2, 0.25) is 5.02 Å². The van der Waals surface area contributed by atoms with Crippen LogP contribution in [0.15, 0.2) is 65.2 Å². The number of benzene rings is 1. The summed E-state index contributed by atoms with van der Waals surface area (Å²) in [6, 6.07) is 16.4. The fourth-order valence-corrected chi connectivity index (χ4v) is 2.93. The number of rotatable bonds is 5. The average molecular weight is 367 g/mol. The number of nitrogens with one attached hydrogen (secondary N) is 1. The van der Waals surface area contributed by atoms with Crippen LogP contribution < -0.4 is 5.32 Å². The molecule has 0 aliphatic rings. The molecule has 1 aromatic carbocycles. The summed E-state index contributed by atoms with van der Waals surface area (Å²) in [7, 11) is 0. The second-order valence-electron chi connectivity index (χ2n) is 5.69. The van der Waals surface area contributed by atoms with Crippen molar-refractivity contribution in [2.45, 2.75) is 6.42 Å². The van der Waals surface area contributed by atoms with Crippen LogP contribution in [0.3, 0.4) is 0 Å². The summed E-state index contributed by atoms with van der Waals surface area (Å²) in [5.74, 6) is 1.31. The Hall–Kier alpha value is -3.12. The van der Waals surface area contributed by atoms with Gasteiger partial charge in [0.1, 0.15) is 11.6 Å². The number of halogens is 1. The van der Waals surface area contributed by atoms with E-state index in [1.165, 1.54) is 0 Å². The zero-order valence-corrected chi connectivity index (χ0v) is 14.5. The van der Waals surface area contributed by atoms with Gasteiger partial charge in [-0.2, -0.15) is 0 Å². The monoisotopic (exact) mass is 366 g/mol. The molecule has 4 rings (SSSR count). The first-order valence-corrected chi connectivity index (χ1v) is 8.52. The molecule has 0 atom stereocenters. The molecule has 7 heteroatoms. The molecule has 4 aromatic rings. The maximum atomic E-state index is 12.3. The van der Waals surface area contributed by atoms with Gasteiger partial charge in [-0.25, -0.2) is 0 Å². The Morgan fingerprint density at radius 1 is 1.08 bits per heavy atom. The number of furan rings is 1. The molecule has 6 nitrogen and oxygen atoms in total. The van der Waals surface area contributed by atoms with Gasteiger partial charge >= 0.3 is 0 Å². The molecule has 0 spiro atoms. The fourth-order valence-electron chi connectivity index (χ4n) is 2.70. The van der Waals surface area contributed by atoms with Crippen molar-refractivity contribution in [2.75, 3.05) is 6.54 Å². The second kappa shape index (κ2) is 7.01. The molecule has 0 aliphatic heterocycles. The van der Waals surface area contributed by atoms with Crippen molar-refractivity contribution in [3.63, 3.8) is 0 Å². The van der Waals surface area contributed by atoms with E-state index in [0.29, 0.717) is 23.7 Å². The highest BCUT2D eigenvalue weighted by Crippen LogP contribution is 2.28. The van der Waals surface area contributed by atoms with Crippen LogP contribution in [0.5, 0.6) is 0 Å². The van der Waals surface area contributed by atoms with Gasteiger partial charge in [0.15, 0.2) is 11.4 Å². The summed E-state index contributed by atoms with van der Waals surface area (Å²) >= 11 is 6.16. The SMILES string of the molecule is O=C(NCCc1nnc2ccccn12)c1ccc(-c2ccccc2Cl)o1. The highest BCUT2D eigenvalue weighted by atomic mass is 35.5. The Morgan fingerprint density at radius 3 is 2.81 bits per heavy atom. The van der Waals surface area contributed by atoms with Crippen molar-refractivity contribution in [2.24, 2.45) is 0 Å². The lowest BCUT2D eigenvalue weighted by Crippen LogP contribution is -2.25. The van der Waals surface area contributed by atoms with Crippen LogP contribution in [0.25, 0.3) is 17.0 Å². The first-order valence-electron chi connectivity index (χ1n) is 8.14. The van der Waals surface area contributed by atoms with Crippen LogP contribution in [-0.4, -0.2) is 27.0 Å². The molecule has 26 heavy (non-hydrogen) atoms. The zero-order valence-electron chi connectivity index (χ0n) is 13.7. The summed E-state index contributed by atoms with van der Waals surface area (Å²) in [5, 5.41) is 11.6. The van der Waals surface area contributed by atoms with Gasteiger partial charge in [-0.05, 0) is 36.4 Å². The molecule has 3 aromatic heterocycles. The van der Waals surface area contributed by atoms with Gasteiger partial charge in [-0.15, -0.1) is 10.2 Å². The van der Waals surface area contributed by atoms with Gasteiger partial charge in [0.25, 0.3) is 5.91 Å². The molecule has 0 saturated carbocycles. The number of nitrogens with zero attached hydrogens (tertiary/aromatic N) is 3. The molecule has 0 radical (unpaired) electrons. The predicted molar refractivity (Wildman–Crippen MR) is 98.2 cm³/mol. The number of fused-ring (bicyclic) bond motifs is 1. The maximum absolute atomic E-state index is 12.3. The lowest BCUT2D eigenvalue weighted by atomic mass is 10.2. The van der Waals surface area contributed by atoms with E-state index in [1.54, 1.807) is 18.2 Å². The number of amides is 1. The van der Waals surface area contributed by atoms with Gasteiger partial charge in [-0.1, -0.05) is 29.8 Å². The van der Waals surface area contributed by atoms with Gasteiger partial charge in [0.2, 0.25) is 0 Å². The smallest absolute Gasteiger partial charge is 0.287 e. The number of hydrogen-bond acceptors (Lipinski definition) is 4. The Kier molecular flexibility index (Phi) is 4.41. The van der Waals surface area contributed by atoms with E-state index in [9.17, 15) is 4.79 Å². The standard InChI is InChI=1S/C19H15ClN4O2/c20-14-6-2-1-5-13(14)15-8-9-16(26-15)19(25)21-11-10-18-23-22-17-7-3-4-12-24(17)18/h1-9,12H,10-11H2,(H,21,25). The maximum Gasteiger partial charge on any atom is 0.287 e. The summed E-state index contributed by atoms with van der Waals surface area (Å²) in [5.41, 5.74) is 1.53. The summed E-state index contributed by atoms with van der Waals surface area (Å²) in [4.78, 5) is 12.3. The second-order valence-corrected chi connectivity index (χ2v) is 6.10. The van der Waals surface area contributed by atoms with Crippen molar-refractivity contribution in [1.29, 1.82) is 0 Å². The number of hydrogen-bond donors (Lipinski definition) is 1. The molecule has 0 aliphatic carbocycles. The third-order valence-electron chi connectivity index (χ3n) is 3.99. The van der Waals surface area contributed by atoms with Gasteiger partial charge < -0.3 is 9.73 Å². The Morgan fingerprint density at radius 2 is 1.92 bits per heavy atom. The number of carbonyl (C=O) groups excluding carboxylic acids is 1. The lowest BCUT2D eigenvalue weighted by molar-refractivity contribution is 0.0927. The highest BCUT2D eigenvalue weighted by Gasteiger charge is 2.14. The summed E-state index contributed by atoms with van der Waals surface area (Å²) in [6.45, 7) is 0.427. The fraction of sp³-hybridized carbons (Fsp3) is 0.105. The summed E-state index contributed by atoms with van der Waals surface area (Å²) < 4.78 is 7.54. The largest absolute Gasteiger partial charge is 0.451 e. The minimum absolute atomic E-state index is 0.242. The number of carbonyl (C=O) groups is 1. The molecule has 3 heterocycles. The van der Waals surface area contributed by atoms with Gasteiger partial charge in [0.05, 0.1) is 5.02 Å². The van der Waals surface area contributed by atoms with Crippen LogP contribution in [0, 0.1) is 0 Å². The molecular formula is C19H15ClN4O2. The van der Waals surface area contributed by atoms with Gasteiger partial charge in [0, 0.05) is 24.7 Å². The van der Waals surface area contributed by atoms with Crippen LogP contribution >= 0.6 is 11.6 Å². The molecule has 130 valence electrons. The molecule has 0 unspecified atom stereocenters. The molecular weight excluding hydrogens is 352 g/mol. The lowest BCUT2D eigenvalue weighted by Gasteiger charge is -2.03. The Balaban J connectivity index is 1.40.